The van der Waals surface area contributed by atoms with Gasteiger partial charge in [0.2, 0.25) is 0 Å². The van der Waals surface area contributed by atoms with Crippen molar-refractivity contribution in [1.82, 2.24) is 0 Å². The Morgan fingerprint density at radius 3 is 3.25 bits per heavy atom. The van der Waals surface area contributed by atoms with E-state index < -0.39 is 6.10 Å². The fourth-order valence-corrected chi connectivity index (χ4v) is 1.40. The number of fused-ring (bicyclic) bond motifs is 1. The highest BCUT2D eigenvalue weighted by Crippen LogP contribution is 2.37. The van der Waals surface area contributed by atoms with E-state index in [1.807, 2.05) is 0 Å². The second-order valence-corrected chi connectivity index (χ2v) is 3.02. The molecule has 1 heterocycles. The first-order valence-corrected chi connectivity index (χ1v) is 3.90. The first-order valence-electron chi connectivity index (χ1n) is 3.90. The van der Waals surface area contributed by atoms with Crippen molar-refractivity contribution in [3.05, 3.63) is 11.8 Å². The van der Waals surface area contributed by atoms with E-state index in [9.17, 15) is 9.90 Å². The number of hydrogen-bond acceptors (Lipinski definition) is 4. The molecule has 4 heteroatoms. The maximum Gasteiger partial charge on any atom is 0.307 e. The van der Waals surface area contributed by atoms with Gasteiger partial charge >= 0.3 is 5.97 Å². The smallest absolute Gasteiger partial charge is 0.307 e. The number of hydrogen-bond donors (Lipinski definition) is 1. The highest BCUT2D eigenvalue weighted by Gasteiger charge is 2.50. The van der Waals surface area contributed by atoms with Gasteiger partial charge < -0.3 is 14.6 Å². The maximum atomic E-state index is 10.6. The lowest BCUT2D eigenvalue weighted by atomic mass is 10.0. The minimum Gasteiger partial charge on any atom is -0.429 e. The number of carbonyl (C=O) groups excluding carboxylic acids is 1. The normalized spacial score (nSPS) is 38.2. The molecular formula is C8H10O4. The average molecular weight is 170 g/mol. The predicted molar refractivity (Wildman–Crippen MR) is 39.1 cm³/mol. The Bertz CT molecular complexity index is 245. The van der Waals surface area contributed by atoms with E-state index in [4.69, 9.17) is 9.47 Å². The number of ether oxygens (including phenoxy) is 2. The SMILES string of the molecule is CC(=O)OC1=CC[C@H](O)[C@H]2O[C@@H]12. The fourth-order valence-electron chi connectivity index (χ4n) is 1.40. The quantitative estimate of drug-likeness (QED) is 0.443. The molecule has 2 aliphatic rings. The third-order valence-corrected chi connectivity index (χ3v) is 2.01. The van der Waals surface area contributed by atoms with Gasteiger partial charge in [0.05, 0.1) is 6.10 Å². The molecule has 1 N–H and O–H groups in total. The molecule has 66 valence electrons. The van der Waals surface area contributed by atoms with E-state index in [-0.39, 0.29) is 18.2 Å². The minimum atomic E-state index is -0.436. The zero-order valence-corrected chi connectivity index (χ0v) is 6.69. The standard InChI is InChI=1S/C8H10O4/c1-4(9)11-6-3-2-5(10)7-8(6)12-7/h3,5,7-8,10H,2H2,1H3/t5-,7+,8-/m0/s1. The summed E-state index contributed by atoms with van der Waals surface area (Å²) in [7, 11) is 0. The molecule has 0 unspecified atom stereocenters. The molecule has 12 heavy (non-hydrogen) atoms. The van der Waals surface area contributed by atoms with Crippen LogP contribution in [0.15, 0.2) is 11.8 Å². The van der Waals surface area contributed by atoms with Crippen molar-refractivity contribution in [2.24, 2.45) is 0 Å². The number of epoxide rings is 1. The Hall–Kier alpha value is -0.870. The number of esters is 1. The highest BCUT2D eigenvalue weighted by molar-refractivity contribution is 5.67. The molecule has 1 aliphatic heterocycles. The average Bonchev–Trinajstić information content (AvgIpc) is 2.73. The van der Waals surface area contributed by atoms with Gasteiger partial charge in [0.1, 0.15) is 18.0 Å². The van der Waals surface area contributed by atoms with E-state index in [1.165, 1.54) is 6.92 Å². The Morgan fingerprint density at radius 1 is 1.83 bits per heavy atom. The van der Waals surface area contributed by atoms with Crippen LogP contribution >= 0.6 is 0 Å². The largest absolute Gasteiger partial charge is 0.429 e. The topological polar surface area (TPSA) is 59.1 Å². The molecule has 3 atom stereocenters. The van der Waals surface area contributed by atoms with Crippen LogP contribution in [0.4, 0.5) is 0 Å². The first kappa shape index (κ1) is 7.76. The van der Waals surface area contributed by atoms with Crippen LogP contribution in [0, 0.1) is 0 Å². The summed E-state index contributed by atoms with van der Waals surface area (Å²) in [5, 5.41) is 9.26. The van der Waals surface area contributed by atoms with Crippen LogP contribution in [0.5, 0.6) is 0 Å². The van der Waals surface area contributed by atoms with Crippen molar-refractivity contribution in [3.63, 3.8) is 0 Å². The molecule has 4 nitrogen and oxygen atoms in total. The summed E-state index contributed by atoms with van der Waals surface area (Å²) in [6, 6.07) is 0. The lowest BCUT2D eigenvalue weighted by Crippen LogP contribution is -2.22. The number of aliphatic hydroxyl groups is 1. The van der Waals surface area contributed by atoms with E-state index in [1.54, 1.807) is 6.08 Å². The zero-order chi connectivity index (χ0) is 8.72. The van der Waals surface area contributed by atoms with Crippen molar-refractivity contribution >= 4 is 5.97 Å². The van der Waals surface area contributed by atoms with E-state index >= 15 is 0 Å². The van der Waals surface area contributed by atoms with Gasteiger partial charge in [-0.15, -0.1) is 0 Å². The molecule has 0 aromatic carbocycles. The summed E-state index contributed by atoms with van der Waals surface area (Å²) in [5.41, 5.74) is 0. The molecule has 0 aromatic rings. The van der Waals surface area contributed by atoms with E-state index in [0.29, 0.717) is 12.2 Å². The van der Waals surface area contributed by atoms with Crippen LogP contribution in [0.3, 0.4) is 0 Å². The molecular weight excluding hydrogens is 160 g/mol. The van der Waals surface area contributed by atoms with Crippen LogP contribution in [-0.2, 0) is 14.3 Å². The van der Waals surface area contributed by atoms with Gasteiger partial charge in [-0.2, -0.15) is 0 Å². The third kappa shape index (κ3) is 1.23. The van der Waals surface area contributed by atoms with Crippen molar-refractivity contribution in [2.75, 3.05) is 0 Å². The summed E-state index contributed by atoms with van der Waals surface area (Å²) < 4.78 is 9.99. The zero-order valence-electron chi connectivity index (χ0n) is 6.69. The number of rotatable bonds is 1. The van der Waals surface area contributed by atoms with Crippen molar-refractivity contribution < 1.29 is 19.4 Å². The maximum absolute atomic E-state index is 10.6. The van der Waals surface area contributed by atoms with Crippen LogP contribution in [0.25, 0.3) is 0 Å². The van der Waals surface area contributed by atoms with E-state index in [0.717, 1.165) is 0 Å². The second-order valence-electron chi connectivity index (χ2n) is 3.02. The molecule has 0 aromatic heterocycles. The molecule has 0 bridgehead atoms. The van der Waals surface area contributed by atoms with Crippen molar-refractivity contribution in [2.45, 2.75) is 31.7 Å². The molecule has 0 radical (unpaired) electrons. The second kappa shape index (κ2) is 2.57. The highest BCUT2D eigenvalue weighted by atomic mass is 16.6. The van der Waals surface area contributed by atoms with Gasteiger partial charge in [0.15, 0.2) is 0 Å². The van der Waals surface area contributed by atoms with Gasteiger partial charge in [0.25, 0.3) is 0 Å². The minimum absolute atomic E-state index is 0.149. The Labute approximate surface area is 69.8 Å². The van der Waals surface area contributed by atoms with Gasteiger partial charge in [-0.25, -0.2) is 0 Å². The molecule has 0 saturated carbocycles. The van der Waals surface area contributed by atoms with Gasteiger partial charge in [-0.05, 0) is 12.5 Å². The molecule has 0 amide bonds. The van der Waals surface area contributed by atoms with Gasteiger partial charge in [-0.3, -0.25) is 4.79 Å². The van der Waals surface area contributed by atoms with Crippen LogP contribution < -0.4 is 0 Å². The van der Waals surface area contributed by atoms with Crippen LogP contribution in [0.1, 0.15) is 13.3 Å². The van der Waals surface area contributed by atoms with Crippen molar-refractivity contribution in [1.29, 1.82) is 0 Å². The van der Waals surface area contributed by atoms with Gasteiger partial charge in [0, 0.05) is 6.92 Å². The lowest BCUT2D eigenvalue weighted by Gasteiger charge is -2.11. The summed E-state index contributed by atoms with van der Waals surface area (Å²) >= 11 is 0. The molecule has 1 fully saturated rings. The Kier molecular flexibility index (Phi) is 1.66. The van der Waals surface area contributed by atoms with E-state index in [2.05, 4.69) is 0 Å². The first-order chi connectivity index (χ1) is 5.68. The Morgan fingerprint density at radius 2 is 2.58 bits per heavy atom. The summed E-state index contributed by atoms with van der Waals surface area (Å²) in [6.45, 7) is 1.35. The fraction of sp³-hybridized carbons (Fsp3) is 0.625. The molecule has 1 aliphatic carbocycles. The van der Waals surface area contributed by atoms with Crippen LogP contribution in [0.2, 0.25) is 0 Å². The number of carbonyl (C=O) groups is 1. The van der Waals surface area contributed by atoms with Gasteiger partial charge in [-0.1, -0.05) is 0 Å². The third-order valence-electron chi connectivity index (χ3n) is 2.01. The summed E-state index contributed by atoms with van der Waals surface area (Å²) in [6.07, 6.45) is 1.45. The molecule has 0 spiro atoms. The Balaban J connectivity index is 2.03. The van der Waals surface area contributed by atoms with Crippen molar-refractivity contribution in [3.8, 4) is 0 Å². The molecule has 2 rings (SSSR count). The van der Waals surface area contributed by atoms with Crippen LogP contribution in [-0.4, -0.2) is 29.4 Å². The lowest BCUT2D eigenvalue weighted by molar-refractivity contribution is -0.137. The summed E-state index contributed by atoms with van der Waals surface area (Å²) in [5.74, 6) is 0.213. The monoisotopic (exact) mass is 170 g/mol. The predicted octanol–water partition coefficient (Wildman–Crippen LogP) is -0.0346. The summed E-state index contributed by atoms with van der Waals surface area (Å²) in [4.78, 5) is 10.6. The molecule has 1 saturated heterocycles. The number of aliphatic hydroxyl groups excluding tert-OH is 1.